The van der Waals surface area contributed by atoms with E-state index < -0.39 is 5.60 Å². The minimum absolute atomic E-state index is 0.151. The summed E-state index contributed by atoms with van der Waals surface area (Å²) in [6.07, 6.45) is 5.33. The lowest BCUT2D eigenvalue weighted by atomic mass is 9.99. The van der Waals surface area contributed by atoms with E-state index in [1.54, 1.807) is 13.3 Å². The van der Waals surface area contributed by atoms with Crippen LogP contribution in [-0.2, 0) is 9.53 Å². The summed E-state index contributed by atoms with van der Waals surface area (Å²) in [6.45, 7) is 6.63. The highest BCUT2D eigenvalue weighted by Gasteiger charge is 2.32. The van der Waals surface area contributed by atoms with Gasteiger partial charge >= 0.3 is 0 Å². The van der Waals surface area contributed by atoms with Crippen molar-refractivity contribution in [2.75, 3.05) is 19.0 Å². The van der Waals surface area contributed by atoms with E-state index in [1.165, 1.54) is 0 Å². The molecule has 1 aromatic heterocycles. The molecule has 5 heteroatoms. The second-order valence-corrected chi connectivity index (χ2v) is 6.35. The highest BCUT2D eigenvalue weighted by Crippen LogP contribution is 2.31. The van der Waals surface area contributed by atoms with Crippen LogP contribution in [0.15, 0.2) is 30.5 Å². The Bertz CT molecular complexity index is 717. The van der Waals surface area contributed by atoms with Gasteiger partial charge in [-0.15, -0.1) is 0 Å². The van der Waals surface area contributed by atoms with E-state index in [0.29, 0.717) is 13.0 Å². The number of hydrogen-bond acceptors (Lipinski definition) is 4. The Morgan fingerprint density at radius 2 is 2.04 bits per heavy atom. The smallest absolute Gasteiger partial charge is 0.256 e. The molecular weight excluding hydrogens is 316 g/mol. The van der Waals surface area contributed by atoms with Crippen LogP contribution in [0.1, 0.15) is 46.5 Å². The molecule has 1 N–H and O–H groups in total. The number of fused-ring (bicyclic) bond motifs is 1. The third kappa shape index (κ3) is 4.48. The standard InChI is InChI=1S/C20H28N2O3/c1-5-7-14-25-17-11-10-16(15-9-8-13-21-18(15)17)22-19(23)20(3,24-4)12-6-2/h8-11,13H,5-7,12,14H2,1-4H3,(H,22,23)/t20-/m0/s1. The first kappa shape index (κ1) is 19.2. The van der Waals surface area contributed by atoms with Gasteiger partial charge in [0, 0.05) is 18.7 Å². The Hall–Kier alpha value is -2.14. The van der Waals surface area contributed by atoms with Gasteiger partial charge in [0.15, 0.2) is 0 Å². The average molecular weight is 344 g/mol. The summed E-state index contributed by atoms with van der Waals surface area (Å²) in [5.74, 6) is 0.590. The number of carbonyl (C=O) groups excluding carboxylic acids is 1. The molecule has 0 aliphatic heterocycles. The van der Waals surface area contributed by atoms with Crippen molar-refractivity contribution < 1.29 is 14.3 Å². The lowest BCUT2D eigenvalue weighted by Gasteiger charge is -2.26. The van der Waals surface area contributed by atoms with Crippen LogP contribution in [0, 0.1) is 0 Å². The number of anilines is 1. The van der Waals surface area contributed by atoms with Crippen molar-refractivity contribution in [2.24, 2.45) is 0 Å². The number of nitrogens with one attached hydrogen (secondary N) is 1. The first-order valence-corrected chi connectivity index (χ1v) is 8.92. The molecule has 5 nitrogen and oxygen atoms in total. The Labute approximate surface area is 149 Å². The molecule has 25 heavy (non-hydrogen) atoms. The Kier molecular flexibility index (Phi) is 6.76. The third-order valence-electron chi connectivity index (χ3n) is 4.39. The molecule has 0 bridgehead atoms. The van der Waals surface area contributed by atoms with E-state index in [2.05, 4.69) is 17.2 Å². The van der Waals surface area contributed by atoms with Crippen LogP contribution in [-0.4, -0.2) is 30.2 Å². The molecule has 0 aliphatic rings. The second-order valence-electron chi connectivity index (χ2n) is 6.35. The number of amides is 1. The lowest BCUT2D eigenvalue weighted by Crippen LogP contribution is -2.41. The fraction of sp³-hybridized carbons (Fsp3) is 0.500. The quantitative estimate of drug-likeness (QED) is 0.678. The van der Waals surface area contributed by atoms with Gasteiger partial charge in [0.1, 0.15) is 16.9 Å². The van der Waals surface area contributed by atoms with Crippen LogP contribution in [0.25, 0.3) is 10.9 Å². The number of rotatable bonds is 9. The molecule has 0 fully saturated rings. The zero-order valence-corrected chi connectivity index (χ0v) is 15.6. The molecule has 1 atom stereocenters. The van der Waals surface area contributed by atoms with Crippen molar-refractivity contribution in [1.82, 2.24) is 4.98 Å². The van der Waals surface area contributed by atoms with Crippen molar-refractivity contribution >= 4 is 22.5 Å². The fourth-order valence-corrected chi connectivity index (χ4v) is 2.74. The summed E-state index contributed by atoms with van der Waals surface area (Å²) >= 11 is 0. The minimum atomic E-state index is -0.848. The molecule has 136 valence electrons. The van der Waals surface area contributed by atoms with Crippen LogP contribution < -0.4 is 10.1 Å². The van der Waals surface area contributed by atoms with Gasteiger partial charge in [-0.05, 0) is 44.0 Å². The maximum atomic E-state index is 12.7. The van der Waals surface area contributed by atoms with Crippen molar-refractivity contribution in [3.63, 3.8) is 0 Å². The lowest BCUT2D eigenvalue weighted by molar-refractivity contribution is -0.136. The van der Waals surface area contributed by atoms with Gasteiger partial charge in [-0.3, -0.25) is 9.78 Å². The molecule has 0 saturated heterocycles. The Balaban J connectivity index is 2.30. The van der Waals surface area contributed by atoms with Gasteiger partial charge in [0.25, 0.3) is 5.91 Å². The van der Waals surface area contributed by atoms with E-state index in [1.807, 2.05) is 38.1 Å². The number of pyridine rings is 1. The number of aromatic nitrogens is 1. The molecule has 0 spiro atoms. The maximum Gasteiger partial charge on any atom is 0.256 e. The number of nitrogens with zero attached hydrogens (tertiary/aromatic N) is 1. The van der Waals surface area contributed by atoms with Crippen molar-refractivity contribution in [1.29, 1.82) is 0 Å². The summed E-state index contributed by atoms with van der Waals surface area (Å²) in [6, 6.07) is 7.53. The van der Waals surface area contributed by atoms with Gasteiger partial charge in [-0.2, -0.15) is 0 Å². The maximum absolute atomic E-state index is 12.7. The van der Waals surface area contributed by atoms with E-state index in [-0.39, 0.29) is 5.91 Å². The van der Waals surface area contributed by atoms with Crippen LogP contribution in [0.4, 0.5) is 5.69 Å². The first-order chi connectivity index (χ1) is 12.1. The van der Waals surface area contributed by atoms with Gasteiger partial charge in [-0.1, -0.05) is 26.7 Å². The summed E-state index contributed by atoms with van der Waals surface area (Å²) < 4.78 is 11.3. The topological polar surface area (TPSA) is 60.5 Å². The molecule has 2 rings (SSSR count). The number of benzene rings is 1. The zero-order valence-electron chi connectivity index (χ0n) is 15.6. The molecule has 1 heterocycles. The SMILES string of the molecule is CCCCOc1ccc(NC(=O)[C@](C)(CCC)OC)c2cccnc12. The molecule has 0 saturated carbocycles. The number of hydrogen-bond donors (Lipinski definition) is 1. The van der Waals surface area contributed by atoms with Crippen molar-refractivity contribution in [3.8, 4) is 5.75 Å². The van der Waals surface area contributed by atoms with Gasteiger partial charge in [0.2, 0.25) is 0 Å². The van der Waals surface area contributed by atoms with Gasteiger partial charge in [-0.25, -0.2) is 0 Å². The van der Waals surface area contributed by atoms with Gasteiger partial charge < -0.3 is 14.8 Å². The summed E-state index contributed by atoms with van der Waals surface area (Å²) in [5.41, 5.74) is 0.626. The van der Waals surface area contributed by atoms with E-state index in [0.717, 1.165) is 41.6 Å². The summed E-state index contributed by atoms with van der Waals surface area (Å²) in [5, 5.41) is 3.86. The Morgan fingerprint density at radius 1 is 1.24 bits per heavy atom. The first-order valence-electron chi connectivity index (χ1n) is 8.92. The van der Waals surface area contributed by atoms with E-state index in [9.17, 15) is 4.79 Å². The molecule has 2 aromatic rings. The largest absolute Gasteiger partial charge is 0.491 e. The second kappa shape index (κ2) is 8.81. The minimum Gasteiger partial charge on any atom is -0.491 e. The number of ether oxygens (including phenoxy) is 2. The average Bonchev–Trinajstić information content (AvgIpc) is 2.63. The Morgan fingerprint density at radius 3 is 2.72 bits per heavy atom. The number of carbonyl (C=O) groups is 1. The van der Waals surface area contributed by atoms with Gasteiger partial charge in [0.05, 0.1) is 12.3 Å². The predicted octanol–water partition coefficient (Wildman–Crippen LogP) is 4.56. The van der Waals surface area contributed by atoms with E-state index in [4.69, 9.17) is 9.47 Å². The molecule has 0 radical (unpaired) electrons. The molecular formula is C20H28N2O3. The number of methoxy groups -OCH3 is 1. The molecule has 1 amide bonds. The molecule has 0 unspecified atom stereocenters. The number of unbranched alkanes of at least 4 members (excludes halogenated alkanes) is 1. The highest BCUT2D eigenvalue weighted by molar-refractivity contribution is 6.05. The predicted molar refractivity (Wildman–Crippen MR) is 101 cm³/mol. The summed E-state index contributed by atoms with van der Waals surface area (Å²) in [4.78, 5) is 17.1. The van der Waals surface area contributed by atoms with Crippen LogP contribution >= 0.6 is 0 Å². The zero-order chi connectivity index (χ0) is 18.3. The van der Waals surface area contributed by atoms with Crippen LogP contribution in [0.3, 0.4) is 0 Å². The van der Waals surface area contributed by atoms with Crippen LogP contribution in [0.5, 0.6) is 5.75 Å². The third-order valence-corrected chi connectivity index (χ3v) is 4.39. The molecule has 1 aromatic carbocycles. The van der Waals surface area contributed by atoms with Crippen molar-refractivity contribution in [2.45, 2.75) is 52.1 Å². The van der Waals surface area contributed by atoms with Crippen molar-refractivity contribution in [3.05, 3.63) is 30.5 Å². The molecule has 0 aliphatic carbocycles. The van der Waals surface area contributed by atoms with Crippen LogP contribution in [0.2, 0.25) is 0 Å². The monoisotopic (exact) mass is 344 g/mol. The van der Waals surface area contributed by atoms with E-state index >= 15 is 0 Å². The highest BCUT2D eigenvalue weighted by atomic mass is 16.5. The fourth-order valence-electron chi connectivity index (χ4n) is 2.74. The summed E-state index contributed by atoms with van der Waals surface area (Å²) in [7, 11) is 1.57. The normalized spacial score (nSPS) is 13.4.